The summed E-state index contributed by atoms with van der Waals surface area (Å²) in [7, 11) is 1.60. The molecule has 0 atom stereocenters. The largest absolute Gasteiger partial charge is 0.496 e. The van der Waals surface area contributed by atoms with E-state index in [1.165, 1.54) is 29.5 Å². The molecule has 1 amide bonds. The van der Waals surface area contributed by atoms with E-state index in [4.69, 9.17) is 4.74 Å². The molecule has 1 aromatic heterocycles. The van der Waals surface area contributed by atoms with Gasteiger partial charge in [0.2, 0.25) is 0 Å². The quantitative estimate of drug-likeness (QED) is 0.513. The lowest BCUT2D eigenvalue weighted by molar-refractivity contribution is -0.385. The van der Waals surface area contributed by atoms with Gasteiger partial charge in [0.15, 0.2) is 5.13 Å². The van der Waals surface area contributed by atoms with Crippen LogP contribution in [0.3, 0.4) is 0 Å². The molecule has 1 N–H and O–H groups in total. The van der Waals surface area contributed by atoms with Gasteiger partial charge >= 0.3 is 0 Å². The number of thiazole rings is 1. The van der Waals surface area contributed by atoms with E-state index < -0.39 is 4.92 Å². The molecule has 0 bridgehead atoms. The molecule has 0 aliphatic carbocycles. The maximum Gasteiger partial charge on any atom is 0.272 e. The zero-order valence-corrected chi connectivity index (χ0v) is 15.8. The molecular weight excluding hydrogens is 366 g/mol. The van der Waals surface area contributed by atoms with Gasteiger partial charge in [-0.3, -0.25) is 20.2 Å². The summed E-state index contributed by atoms with van der Waals surface area (Å²) in [5.41, 5.74) is 3.37. The zero-order chi connectivity index (χ0) is 19.6. The summed E-state index contributed by atoms with van der Waals surface area (Å²) >= 11 is 1.30. The van der Waals surface area contributed by atoms with Gasteiger partial charge in [-0.1, -0.05) is 11.6 Å². The van der Waals surface area contributed by atoms with Crippen LogP contribution in [0.4, 0.5) is 10.8 Å². The molecule has 0 aliphatic heterocycles. The average Bonchev–Trinajstić information content (AvgIpc) is 3.09. The van der Waals surface area contributed by atoms with Crippen molar-refractivity contribution in [3.05, 3.63) is 68.6 Å². The summed E-state index contributed by atoms with van der Waals surface area (Å²) in [6.45, 7) is 3.58. The smallest absolute Gasteiger partial charge is 0.272 e. The van der Waals surface area contributed by atoms with Gasteiger partial charge in [0, 0.05) is 28.1 Å². The molecule has 3 rings (SSSR count). The number of aryl methyl sites for hydroxylation is 2. The molecule has 0 radical (unpaired) electrons. The van der Waals surface area contributed by atoms with Crippen molar-refractivity contribution in [3.8, 4) is 17.0 Å². The van der Waals surface area contributed by atoms with Gasteiger partial charge in [-0.05, 0) is 38.1 Å². The molecule has 0 spiro atoms. The Kier molecular flexibility index (Phi) is 5.18. The molecule has 0 fully saturated rings. The molecular formula is C19H17N3O4S. The highest BCUT2D eigenvalue weighted by atomic mass is 32.1. The number of hydrogen-bond donors (Lipinski definition) is 1. The molecule has 2 aromatic carbocycles. The molecule has 0 unspecified atom stereocenters. The SMILES string of the molecule is COc1ccc(C)cc1-c1csc(NC(=O)c2ccc([N+](=O)[O-])c(C)c2)n1. The lowest BCUT2D eigenvalue weighted by Gasteiger charge is -2.07. The first-order valence-electron chi connectivity index (χ1n) is 8.06. The molecule has 1 heterocycles. The summed E-state index contributed by atoms with van der Waals surface area (Å²) in [5, 5.41) is 15.9. The van der Waals surface area contributed by atoms with Crippen LogP contribution < -0.4 is 10.1 Å². The highest BCUT2D eigenvalue weighted by Gasteiger charge is 2.16. The third-order valence-corrected chi connectivity index (χ3v) is 4.77. The van der Waals surface area contributed by atoms with Crippen LogP contribution in [0, 0.1) is 24.0 Å². The summed E-state index contributed by atoms with van der Waals surface area (Å²) in [6.07, 6.45) is 0. The van der Waals surface area contributed by atoms with Crippen molar-refractivity contribution in [1.29, 1.82) is 0 Å². The fraction of sp³-hybridized carbons (Fsp3) is 0.158. The second-order valence-corrected chi connectivity index (χ2v) is 6.81. The van der Waals surface area contributed by atoms with E-state index in [0.717, 1.165) is 11.1 Å². The van der Waals surface area contributed by atoms with Crippen molar-refractivity contribution in [2.75, 3.05) is 12.4 Å². The molecule has 7 nitrogen and oxygen atoms in total. The number of benzene rings is 2. The van der Waals surface area contributed by atoms with Gasteiger partial charge in [0.1, 0.15) is 5.75 Å². The topological polar surface area (TPSA) is 94.4 Å². The third kappa shape index (κ3) is 3.95. The van der Waals surface area contributed by atoms with Crippen LogP contribution in [0.5, 0.6) is 5.75 Å². The van der Waals surface area contributed by atoms with Crippen LogP contribution in [-0.4, -0.2) is 22.9 Å². The number of nitrogens with one attached hydrogen (secondary N) is 1. The molecule has 27 heavy (non-hydrogen) atoms. The first-order valence-corrected chi connectivity index (χ1v) is 8.94. The number of hydrogen-bond acceptors (Lipinski definition) is 6. The maximum atomic E-state index is 12.4. The van der Waals surface area contributed by atoms with Crippen molar-refractivity contribution in [1.82, 2.24) is 4.98 Å². The summed E-state index contributed by atoms with van der Waals surface area (Å²) in [6, 6.07) is 10.1. The van der Waals surface area contributed by atoms with Gasteiger partial charge < -0.3 is 4.74 Å². The zero-order valence-electron chi connectivity index (χ0n) is 15.0. The Morgan fingerprint density at radius 3 is 2.67 bits per heavy atom. The van der Waals surface area contributed by atoms with Crippen LogP contribution >= 0.6 is 11.3 Å². The van der Waals surface area contributed by atoms with Crippen LogP contribution in [0.25, 0.3) is 11.3 Å². The van der Waals surface area contributed by atoms with Crippen molar-refractivity contribution in [3.63, 3.8) is 0 Å². The molecule has 0 saturated carbocycles. The number of amides is 1. The number of rotatable bonds is 5. The number of nitro groups is 1. The van der Waals surface area contributed by atoms with Gasteiger partial charge in [-0.2, -0.15) is 0 Å². The van der Waals surface area contributed by atoms with Gasteiger partial charge in [0.25, 0.3) is 11.6 Å². The normalized spacial score (nSPS) is 10.5. The monoisotopic (exact) mass is 383 g/mol. The van der Waals surface area contributed by atoms with Crippen LogP contribution in [0.1, 0.15) is 21.5 Å². The highest BCUT2D eigenvalue weighted by Crippen LogP contribution is 2.33. The molecule has 138 valence electrons. The fourth-order valence-corrected chi connectivity index (χ4v) is 3.35. The maximum absolute atomic E-state index is 12.4. The lowest BCUT2D eigenvalue weighted by atomic mass is 10.1. The molecule has 8 heteroatoms. The van der Waals surface area contributed by atoms with E-state index in [1.807, 2.05) is 30.5 Å². The number of carbonyl (C=O) groups excluding carboxylic acids is 1. The van der Waals surface area contributed by atoms with Crippen molar-refractivity contribution in [2.24, 2.45) is 0 Å². The van der Waals surface area contributed by atoms with E-state index >= 15 is 0 Å². The first-order chi connectivity index (χ1) is 12.9. The standard InChI is InChI=1S/C19H17N3O4S/c1-11-4-7-17(26-3)14(8-11)15-10-27-19(20-15)21-18(23)13-5-6-16(22(24)25)12(2)9-13/h4-10H,1-3H3,(H,20,21,23). The Balaban J connectivity index is 1.82. The van der Waals surface area contributed by atoms with Crippen LogP contribution in [-0.2, 0) is 0 Å². The Morgan fingerprint density at radius 2 is 2.00 bits per heavy atom. The number of aromatic nitrogens is 1. The number of methoxy groups -OCH3 is 1. The van der Waals surface area contributed by atoms with Gasteiger partial charge in [-0.15, -0.1) is 11.3 Å². The number of ether oxygens (including phenoxy) is 1. The predicted molar refractivity (Wildman–Crippen MR) is 105 cm³/mol. The number of anilines is 1. The second kappa shape index (κ2) is 7.55. The Bertz CT molecular complexity index is 1030. The molecule has 0 saturated heterocycles. The minimum absolute atomic E-state index is 0.0189. The van der Waals surface area contributed by atoms with Gasteiger partial charge in [-0.25, -0.2) is 4.98 Å². The van der Waals surface area contributed by atoms with Crippen molar-refractivity contribution in [2.45, 2.75) is 13.8 Å². The van der Waals surface area contributed by atoms with Crippen molar-refractivity contribution >= 4 is 28.1 Å². The summed E-state index contributed by atoms with van der Waals surface area (Å²) in [4.78, 5) is 27.3. The number of nitrogens with zero attached hydrogens (tertiary/aromatic N) is 2. The van der Waals surface area contributed by atoms with Crippen LogP contribution in [0.2, 0.25) is 0 Å². The van der Waals surface area contributed by atoms with E-state index in [-0.39, 0.29) is 11.6 Å². The number of carbonyl (C=O) groups is 1. The Morgan fingerprint density at radius 1 is 1.22 bits per heavy atom. The third-order valence-electron chi connectivity index (χ3n) is 4.01. The van der Waals surface area contributed by atoms with E-state index in [1.54, 1.807) is 14.0 Å². The lowest BCUT2D eigenvalue weighted by Crippen LogP contribution is -2.12. The highest BCUT2D eigenvalue weighted by molar-refractivity contribution is 7.14. The fourth-order valence-electron chi connectivity index (χ4n) is 2.65. The van der Waals surface area contributed by atoms with E-state index in [9.17, 15) is 14.9 Å². The predicted octanol–water partition coefficient (Wildman–Crippen LogP) is 4.60. The second-order valence-electron chi connectivity index (χ2n) is 5.95. The summed E-state index contributed by atoms with van der Waals surface area (Å²) in [5.74, 6) is 0.333. The Labute approximate surface area is 159 Å². The Hall–Kier alpha value is -3.26. The first kappa shape index (κ1) is 18.5. The minimum Gasteiger partial charge on any atom is -0.496 e. The van der Waals surface area contributed by atoms with Crippen LogP contribution in [0.15, 0.2) is 41.8 Å². The number of nitro benzene ring substituents is 1. The van der Waals surface area contributed by atoms with E-state index in [0.29, 0.717) is 27.7 Å². The summed E-state index contributed by atoms with van der Waals surface area (Å²) < 4.78 is 5.38. The molecule has 0 aliphatic rings. The van der Waals surface area contributed by atoms with E-state index in [2.05, 4.69) is 10.3 Å². The minimum atomic E-state index is -0.473. The molecule has 3 aromatic rings. The average molecular weight is 383 g/mol. The van der Waals surface area contributed by atoms with Crippen molar-refractivity contribution < 1.29 is 14.5 Å². The van der Waals surface area contributed by atoms with Gasteiger partial charge in [0.05, 0.1) is 17.7 Å².